The lowest BCUT2D eigenvalue weighted by molar-refractivity contribution is 0.176. The molecule has 0 radical (unpaired) electrons. The summed E-state index contributed by atoms with van der Waals surface area (Å²) in [7, 11) is 0. The molecule has 2 nitrogen and oxygen atoms in total. The molecule has 0 saturated heterocycles. The fraction of sp³-hybridized carbons (Fsp3) is 0.455. The number of para-hydroxylation sites is 2. The monoisotopic (exact) mass is 178 g/mol. The molecule has 0 unspecified atom stereocenters. The zero-order chi connectivity index (χ0) is 9.10. The Bertz CT molecular complexity index is 279. The number of phenols is 1. The number of hydrogen-bond donors (Lipinski definition) is 1. The van der Waals surface area contributed by atoms with Crippen molar-refractivity contribution in [1.29, 1.82) is 0 Å². The standard InChI is InChI=1S/C11H14O2/c12-10-6-1-2-7-11(10)13-8-9-4-3-5-9/h1-2,6-7,9,12H,3-5,8H2. The molecule has 2 heteroatoms. The molecule has 1 aromatic rings. The first-order valence-corrected chi connectivity index (χ1v) is 4.77. The van der Waals surface area contributed by atoms with Gasteiger partial charge >= 0.3 is 0 Å². The SMILES string of the molecule is Oc1ccccc1OCC1CCC1. The Morgan fingerprint density at radius 3 is 2.69 bits per heavy atom. The zero-order valence-corrected chi connectivity index (χ0v) is 7.57. The van der Waals surface area contributed by atoms with Crippen LogP contribution in [0.1, 0.15) is 19.3 Å². The number of phenolic OH excluding ortho intramolecular Hbond substituents is 1. The maximum atomic E-state index is 9.39. The molecule has 1 aromatic carbocycles. The fourth-order valence-electron chi connectivity index (χ4n) is 1.45. The molecule has 1 aliphatic carbocycles. The van der Waals surface area contributed by atoms with Gasteiger partial charge < -0.3 is 9.84 Å². The Labute approximate surface area is 78.2 Å². The molecule has 70 valence electrons. The van der Waals surface area contributed by atoms with Crippen LogP contribution in [0.4, 0.5) is 0 Å². The second-order valence-electron chi connectivity index (χ2n) is 3.58. The van der Waals surface area contributed by atoms with Gasteiger partial charge in [-0.2, -0.15) is 0 Å². The van der Waals surface area contributed by atoms with E-state index in [1.54, 1.807) is 18.2 Å². The van der Waals surface area contributed by atoms with E-state index in [2.05, 4.69) is 0 Å². The third-order valence-electron chi connectivity index (χ3n) is 2.56. The molecule has 0 aromatic heterocycles. The Kier molecular flexibility index (Phi) is 2.39. The van der Waals surface area contributed by atoms with E-state index in [0.29, 0.717) is 11.7 Å². The average molecular weight is 178 g/mol. The lowest BCUT2D eigenvalue weighted by atomic mass is 9.86. The summed E-state index contributed by atoms with van der Waals surface area (Å²) in [5.41, 5.74) is 0. The van der Waals surface area contributed by atoms with Gasteiger partial charge in [-0.15, -0.1) is 0 Å². The molecule has 2 rings (SSSR count). The van der Waals surface area contributed by atoms with Crippen molar-refractivity contribution in [2.45, 2.75) is 19.3 Å². The van der Waals surface area contributed by atoms with Gasteiger partial charge in [0.25, 0.3) is 0 Å². The van der Waals surface area contributed by atoms with Crippen LogP contribution in [0.3, 0.4) is 0 Å². The average Bonchev–Trinajstić information content (AvgIpc) is 2.05. The molecule has 0 bridgehead atoms. The summed E-state index contributed by atoms with van der Waals surface area (Å²) >= 11 is 0. The van der Waals surface area contributed by atoms with Crippen LogP contribution < -0.4 is 4.74 Å². The van der Waals surface area contributed by atoms with E-state index >= 15 is 0 Å². The Hall–Kier alpha value is -1.18. The largest absolute Gasteiger partial charge is 0.504 e. The number of benzene rings is 1. The topological polar surface area (TPSA) is 29.5 Å². The normalized spacial score (nSPS) is 16.6. The van der Waals surface area contributed by atoms with Crippen LogP contribution in [0.2, 0.25) is 0 Å². The van der Waals surface area contributed by atoms with Gasteiger partial charge in [0.2, 0.25) is 0 Å². The molecule has 1 aliphatic rings. The summed E-state index contributed by atoms with van der Waals surface area (Å²) in [6, 6.07) is 7.12. The minimum atomic E-state index is 0.238. The highest BCUT2D eigenvalue weighted by Crippen LogP contribution is 2.29. The van der Waals surface area contributed by atoms with Gasteiger partial charge in [0, 0.05) is 0 Å². The second-order valence-corrected chi connectivity index (χ2v) is 3.58. The Morgan fingerprint density at radius 1 is 1.31 bits per heavy atom. The first kappa shape index (κ1) is 8.42. The lowest BCUT2D eigenvalue weighted by Gasteiger charge is -2.25. The maximum absolute atomic E-state index is 9.39. The first-order valence-electron chi connectivity index (χ1n) is 4.77. The van der Waals surface area contributed by atoms with Crippen molar-refractivity contribution in [3.8, 4) is 11.5 Å². The van der Waals surface area contributed by atoms with Gasteiger partial charge in [0.1, 0.15) is 0 Å². The van der Waals surface area contributed by atoms with Gasteiger partial charge in [-0.3, -0.25) is 0 Å². The van der Waals surface area contributed by atoms with Crippen molar-refractivity contribution in [2.24, 2.45) is 5.92 Å². The lowest BCUT2D eigenvalue weighted by Crippen LogP contribution is -2.19. The van der Waals surface area contributed by atoms with Gasteiger partial charge in [-0.25, -0.2) is 0 Å². The highest BCUT2D eigenvalue weighted by Gasteiger charge is 2.18. The van der Waals surface area contributed by atoms with Crippen LogP contribution in [-0.4, -0.2) is 11.7 Å². The molecular weight excluding hydrogens is 164 g/mol. The molecule has 1 N–H and O–H groups in total. The molecule has 0 spiro atoms. The van der Waals surface area contributed by atoms with Crippen molar-refractivity contribution in [3.05, 3.63) is 24.3 Å². The van der Waals surface area contributed by atoms with E-state index in [9.17, 15) is 5.11 Å². The van der Waals surface area contributed by atoms with Gasteiger partial charge in [-0.1, -0.05) is 18.6 Å². The predicted molar refractivity (Wildman–Crippen MR) is 50.9 cm³/mol. The zero-order valence-electron chi connectivity index (χ0n) is 7.57. The molecule has 13 heavy (non-hydrogen) atoms. The predicted octanol–water partition coefficient (Wildman–Crippen LogP) is 2.57. The van der Waals surface area contributed by atoms with Crippen molar-refractivity contribution < 1.29 is 9.84 Å². The molecule has 0 amide bonds. The summed E-state index contributed by atoms with van der Waals surface area (Å²) in [6.45, 7) is 0.748. The van der Waals surface area contributed by atoms with Crippen molar-refractivity contribution >= 4 is 0 Å². The molecule has 0 atom stereocenters. The molecular formula is C11H14O2. The van der Waals surface area contributed by atoms with Gasteiger partial charge in [0.05, 0.1) is 6.61 Å². The Balaban J connectivity index is 1.89. The smallest absolute Gasteiger partial charge is 0.160 e. The number of ether oxygens (including phenoxy) is 1. The second kappa shape index (κ2) is 3.69. The molecule has 1 saturated carbocycles. The minimum Gasteiger partial charge on any atom is -0.504 e. The van der Waals surface area contributed by atoms with Gasteiger partial charge in [0.15, 0.2) is 11.5 Å². The third kappa shape index (κ3) is 1.94. The summed E-state index contributed by atoms with van der Waals surface area (Å²) < 4.78 is 5.49. The quantitative estimate of drug-likeness (QED) is 0.770. The van der Waals surface area contributed by atoms with E-state index < -0.39 is 0 Å². The summed E-state index contributed by atoms with van der Waals surface area (Å²) in [6.07, 6.45) is 3.87. The van der Waals surface area contributed by atoms with Crippen LogP contribution in [0.15, 0.2) is 24.3 Å². The minimum absolute atomic E-state index is 0.238. The Morgan fingerprint density at radius 2 is 2.08 bits per heavy atom. The molecule has 0 heterocycles. The summed E-state index contributed by atoms with van der Waals surface area (Å²) in [4.78, 5) is 0. The van der Waals surface area contributed by atoms with Crippen LogP contribution >= 0.6 is 0 Å². The van der Waals surface area contributed by atoms with E-state index in [4.69, 9.17) is 4.74 Å². The highest BCUT2D eigenvalue weighted by atomic mass is 16.5. The van der Waals surface area contributed by atoms with Crippen LogP contribution in [0, 0.1) is 5.92 Å². The van der Waals surface area contributed by atoms with Crippen LogP contribution in [0.25, 0.3) is 0 Å². The number of aromatic hydroxyl groups is 1. The fourth-order valence-corrected chi connectivity index (χ4v) is 1.45. The van der Waals surface area contributed by atoms with Crippen LogP contribution in [-0.2, 0) is 0 Å². The maximum Gasteiger partial charge on any atom is 0.160 e. The summed E-state index contributed by atoms with van der Waals surface area (Å²) in [5, 5.41) is 9.39. The van der Waals surface area contributed by atoms with E-state index in [0.717, 1.165) is 6.61 Å². The van der Waals surface area contributed by atoms with Gasteiger partial charge in [-0.05, 0) is 30.9 Å². The van der Waals surface area contributed by atoms with E-state index in [1.165, 1.54) is 19.3 Å². The van der Waals surface area contributed by atoms with E-state index in [-0.39, 0.29) is 5.75 Å². The van der Waals surface area contributed by atoms with Crippen molar-refractivity contribution in [1.82, 2.24) is 0 Å². The van der Waals surface area contributed by atoms with E-state index in [1.807, 2.05) is 6.07 Å². The molecule has 1 fully saturated rings. The van der Waals surface area contributed by atoms with Crippen molar-refractivity contribution in [2.75, 3.05) is 6.61 Å². The number of rotatable bonds is 3. The van der Waals surface area contributed by atoms with Crippen molar-refractivity contribution in [3.63, 3.8) is 0 Å². The van der Waals surface area contributed by atoms with Crippen LogP contribution in [0.5, 0.6) is 11.5 Å². The third-order valence-corrected chi connectivity index (χ3v) is 2.56. The summed E-state index contributed by atoms with van der Waals surface area (Å²) in [5.74, 6) is 1.55. The number of hydrogen-bond acceptors (Lipinski definition) is 2. The molecule has 0 aliphatic heterocycles. The highest BCUT2D eigenvalue weighted by molar-refractivity contribution is 5.37. The first-order chi connectivity index (χ1) is 6.36.